The molecule has 4 heteroatoms. The first-order chi connectivity index (χ1) is 9.06. The molecular formula is C15H22O3S. The molecule has 0 saturated carbocycles. The van der Waals surface area contributed by atoms with Gasteiger partial charge in [-0.05, 0) is 43.2 Å². The molecule has 0 bridgehead atoms. The van der Waals surface area contributed by atoms with E-state index >= 15 is 0 Å². The van der Waals surface area contributed by atoms with Crippen molar-refractivity contribution in [3.05, 3.63) is 21.4 Å². The largest absolute Gasteiger partial charge is 0.481 e. The second-order valence-corrected chi connectivity index (χ2v) is 6.55. The number of ether oxygens (including phenoxy) is 1. The predicted octanol–water partition coefficient (Wildman–Crippen LogP) is 3.99. The van der Waals surface area contributed by atoms with Crippen LogP contribution in [-0.2, 0) is 16.0 Å². The average molecular weight is 282 g/mol. The van der Waals surface area contributed by atoms with Crippen molar-refractivity contribution in [1.82, 2.24) is 0 Å². The van der Waals surface area contributed by atoms with E-state index in [1.165, 1.54) is 15.3 Å². The Morgan fingerprint density at radius 1 is 1.58 bits per heavy atom. The molecule has 1 aliphatic carbocycles. The molecule has 1 aromatic rings. The molecule has 0 fully saturated rings. The van der Waals surface area contributed by atoms with E-state index in [1.54, 1.807) is 18.4 Å². The van der Waals surface area contributed by atoms with Crippen molar-refractivity contribution in [1.29, 1.82) is 0 Å². The lowest BCUT2D eigenvalue weighted by molar-refractivity contribution is -0.141. The first kappa shape index (κ1) is 14.5. The Bertz CT molecular complexity index is 452. The summed E-state index contributed by atoms with van der Waals surface area (Å²) in [6.45, 7) is 4.19. The van der Waals surface area contributed by atoms with Gasteiger partial charge in [0, 0.05) is 16.9 Å². The standard InChI is InChI=1S/C15H22O3S/c1-4-10(15(16)17)7-11-8-12-13(18-3)6-5-9(2)14(12)19-11/h8-10,13H,4-7H2,1-3H3,(H,16,17). The molecule has 3 atom stereocenters. The number of methoxy groups -OCH3 is 1. The van der Waals surface area contributed by atoms with Gasteiger partial charge in [0.25, 0.3) is 0 Å². The van der Waals surface area contributed by atoms with Gasteiger partial charge in [0.2, 0.25) is 0 Å². The summed E-state index contributed by atoms with van der Waals surface area (Å²) >= 11 is 1.78. The molecule has 106 valence electrons. The van der Waals surface area contributed by atoms with Crippen molar-refractivity contribution in [3.8, 4) is 0 Å². The molecule has 1 N–H and O–H groups in total. The van der Waals surface area contributed by atoms with E-state index in [2.05, 4.69) is 13.0 Å². The van der Waals surface area contributed by atoms with E-state index in [4.69, 9.17) is 9.84 Å². The average Bonchev–Trinajstić information content (AvgIpc) is 2.81. The molecule has 19 heavy (non-hydrogen) atoms. The van der Waals surface area contributed by atoms with Crippen LogP contribution in [0.3, 0.4) is 0 Å². The Morgan fingerprint density at radius 2 is 2.32 bits per heavy atom. The molecule has 0 radical (unpaired) electrons. The quantitative estimate of drug-likeness (QED) is 0.888. The number of thiophene rings is 1. The highest BCUT2D eigenvalue weighted by molar-refractivity contribution is 7.12. The first-order valence-electron chi connectivity index (χ1n) is 6.94. The second-order valence-electron chi connectivity index (χ2n) is 5.38. The zero-order valence-electron chi connectivity index (χ0n) is 11.8. The third-order valence-corrected chi connectivity index (χ3v) is 5.48. The monoisotopic (exact) mass is 282 g/mol. The molecule has 0 saturated heterocycles. The topological polar surface area (TPSA) is 46.5 Å². The highest BCUT2D eigenvalue weighted by Gasteiger charge is 2.28. The van der Waals surface area contributed by atoms with Crippen LogP contribution in [-0.4, -0.2) is 18.2 Å². The van der Waals surface area contributed by atoms with Crippen molar-refractivity contribution < 1.29 is 14.6 Å². The van der Waals surface area contributed by atoms with Crippen molar-refractivity contribution in [2.75, 3.05) is 7.11 Å². The lowest BCUT2D eigenvalue weighted by atomic mass is 9.88. The summed E-state index contributed by atoms with van der Waals surface area (Å²) in [5.41, 5.74) is 1.29. The van der Waals surface area contributed by atoms with E-state index in [1.807, 2.05) is 6.92 Å². The molecule has 1 aliphatic rings. The molecule has 0 amide bonds. The maximum Gasteiger partial charge on any atom is 0.306 e. The summed E-state index contributed by atoms with van der Waals surface area (Å²) in [6.07, 6.45) is 3.74. The maximum absolute atomic E-state index is 11.1. The van der Waals surface area contributed by atoms with E-state index < -0.39 is 5.97 Å². The lowest BCUT2D eigenvalue weighted by Gasteiger charge is -2.25. The number of hydrogen-bond donors (Lipinski definition) is 1. The van der Waals surface area contributed by atoms with Crippen LogP contribution in [0.5, 0.6) is 0 Å². The maximum atomic E-state index is 11.1. The van der Waals surface area contributed by atoms with Crippen LogP contribution in [0.4, 0.5) is 0 Å². The van der Waals surface area contributed by atoms with Gasteiger partial charge >= 0.3 is 5.97 Å². The summed E-state index contributed by atoms with van der Waals surface area (Å²) < 4.78 is 5.55. The minimum Gasteiger partial charge on any atom is -0.481 e. The third kappa shape index (κ3) is 3.00. The molecule has 0 aliphatic heterocycles. The molecule has 1 aromatic heterocycles. The van der Waals surface area contributed by atoms with Crippen molar-refractivity contribution in [2.45, 2.75) is 51.6 Å². The summed E-state index contributed by atoms with van der Waals surface area (Å²) in [4.78, 5) is 13.7. The van der Waals surface area contributed by atoms with Crippen LogP contribution in [0.15, 0.2) is 6.07 Å². The van der Waals surface area contributed by atoms with E-state index in [9.17, 15) is 4.79 Å². The van der Waals surface area contributed by atoms with Crippen LogP contribution in [0.2, 0.25) is 0 Å². The van der Waals surface area contributed by atoms with Crippen LogP contribution in [0, 0.1) is 5.92 Å². The van der Waals surface area contributed by atoms with Crippen LogP contribution in [0.25, 0.3) is 0 Å². The highest BCUT2D eigenvalue weighted by Crippen LogP contribution is 2.44. The predicted molar refractivity (Wildman–Crippen MR) is 76.8 cm³/mol. The Labute approximate surface area is 118 Å². The van der Waals surface area contributed by atoms with Gasteiger partial charge in [-0.2, -0.15) is 0 Å². The lowest BCUT2D eigenvalue weighted by Crippen LogP contribution is -2.14. The fourth-order valence-corrected chi connectivity index (χ4v) is 4.17. The second kappa shape index (κ2) is 6.06. The Morgan fingerprint density at radius 3 is 2.89 bits per heavy atom. The number of carboxylic acid groups (broad SMARTS) is 1. The zero-order valence-corrected chi connectivity index (χ0v) is 12.6. The van der Waals surface area contributed by atoms with Gasteiger partial charge in [-0.3, -0.25) is 4.79 Å². The molecule has 2 rings (SSSR count). The number of carboxylic acids is 1. The summed E-state index contributed by atoms with van der Waals surface area (Å²) in [5, 5.41) is 9.17. The number of rotatable bonds is 5. The highest BCUT2D eigenvalue weighted by atomic mass is 32.1. The van der Waals surface area contributed by atoms with Gasteiger partial charge < -0.3 is 9.84 Å². The molecule has 3 unspecified atom stereocenters. The molecule has 3 nitrogen and oxygen atoms in total. The Balaban J connectivity index is 2.23. The summed E-state index contributed by atoms with van der Waals surface area (Å²) in [6, 6.07) is 2.18. The Hall–Kier alpha value is -0.870. The van der Waals surface area contributed by atoms with E-state index in [0.717, 1.165) is 12.8 Å². The molecule has 0 spiro atoms. The van der Waals surface area contributed by atoms with E-state index in [0.29, 0.717) is 18.8 Å². The minimum atomic E-state index is -0.690. The van der Waals surface area contributed by atoms with Gasteiger partial charge in [-0.1, -0.05) is 13.8 Å². The number of fused-ring (bicyclic) bond motifs is 1. The van der Waals surface area contributed by atoms with Gasteiger partial charge in [0.15, 0.2) is 0 Å². The number of hydrogen-bond acceptors (Lipinski definition) is 3. The first-order valence-corrected chi connectivity index (χ1v) is 7.76. The normalized spacial score (nSPS) is 23.9. The van der Waals surface area contributed by atoms with Crippen molar-refractivity contribution >= 4 is 17.3 Å². The molecular weight excluding hydrogens is 260 g/mol. The van der Waals surface area contributed by atoms with Gasteiger partial charge in [-0.15, -0.1) is 11.3 Å². The smallest absolute Gasteiger partial charge is 0.306 e. The summed E-state index contributed by atoms with van der Waals surface area (Å²) in [7, 11) is 1.76. The van der Waals surface area contributed by atoms with Crippen molar-refractivity contribution in [3.63, 3.8) is 0 Å². The third-order valence-electron chi connectivity index (χ3n) is 4.07. The van der Waals surface area contributed by atoms with Crippen LogP contribution < -0.4 is 0 Å². The van der Waals surface area contributed by atoms with Crippen molar-refractivity contribution in [2.24, 2.45) is 5.92 Å². The molecule has 1 heterocycles. The Kier molecular flexibility index (Phi) is 4.63. The minimum absolute atomic E-state index is 0.195. The van der Waals surface area contributed by atoms with Crippen LogP contribution >= 0.6 is 11.3 Å². The number of carbonyl (C=O) groups is 1. The van der Waals surface area contributed by atoms with Gasteiger partial charge in [-0.25, -0.2) is 0 Å². The zero-order chi connectivity index (χ0) is 14.0. The van der Waals surface area contributed by atoms with Gasteiger partial charge in [0.05, 0.1) is 12.0 Å². The fourth-order valence-electron chi connectivity index (χ4n) is 2.79. The van der Waals surface area contributed by atoms with Gasteiger partial charge in [0.1, 0.15) is 0 Å². The van der Waals surface area contributed by atoms with Crippen LogP contribution in [0.1, 0.15) is 60.4 Å². The summed E-state index contributed by atoms with van der Waals surface area (Å²) in [5.74, 6) is -0.383. The fraction of sp³-hybridized carbons (Fsp3) is 0.667. The molecule has 0 aromatic carbocycles. The van der Waals surface area contributed by atoms with E-state index in [-0.39, 0.29) is 12.0 Å². The number of aliphatic carboxylic acids is 1. The SMILES string of the molecule is CCC(Cc1cc2c(s1)C(C)CCC2OC)C(=O)O.